The van der Waals surface area contributed by atoms with Gasteiger partial charge >= 0.3 is 11.6 Å². The molecule has 0 radical (unpaired) electrons. The zero-order chi connectivity index (χ0) is 23.8. The van der Waals surface area contributed by atoms with Crippen molar-refractivity contribution < 1.29 is 18.7 Å². The summed E-state index contributed by atoms with van der Waals surface area (Å²) in [7, 11) is 1.45. The third-order valence-corrected chi connectivity index (χ3v) is 6.19. The second kappa shape index (κ2) is 8.78. The number of hydrogen-bond acceptors (Lipinski definition) is 7. The Morgan fingerprint density at radius 2 is 2.06 bits per heavy atom. The smallest absolute Gasteiger partial charge is 0.349 e. The molecule has 1 aliphatic rings. The lowest BCUT2D eigenvalue weighted by atomic mass is 9.98. The molecule has 0 fully saturated rings. The number of ether oxygens (including phenoxy) is 1. The van der Waals surface area contributed by atoms with E-state index in [1.165, 1.54) is 37.3 Å². The van der Waals surface area contributed by atoms with Crippen LogP contribution in [0.2, 0.25) is 0 Å². The van der Waals surface area contributed by atoms with Crippen LogP contribution in [0.5, 0.6) is 11.8 Å². The number of nitrogens with one attached hydrogen (secondary N) is 1. The Labute approximate surface area is 194 Å². The molecule has 0 amide bonds. The molecule has 2 aromatic carbocycles. The molecule has 2 N–H and O–H groups in total. The first-order valence-electron chi connectivity index (χ1n) is 11.2. The monoisotopic (exact) mass is 461 g/mol. The first-order valence-corrected chi connectivity index (χ1v) is 11.2. The number of aromatic nitrogens is 2. The number of methoxy groups -OCH3 is 1. The third kappa shape index (κ3) is 3.85. The number of rotatable bonds is 5. The van der Waals surface area contributed by atoms with Crippen molar-refractivity contribution >= 4 is 27.5 Å². The number of aryl methyl sites for hydroxylation is 1. The molecule has 2 aromatic heterocycles. The van der Waals surface area contributed by atoms with Crippen molar-refractivity contribution in [2.45, 2.75) is 32.6 Å². The third-order valence-electron chi connectivity index (χ3n) is 6.19. The molecule has 0 bridgehead atoms. The predicted octanol–water partition coefficient (Wildman–Crippen LogP) is 5.48. The van der Waals surface area contributed by atoms with Gasteiger partial charge < -0.3 is 19.6 Å². The summed E-state index contributed by atoms with van der Waals surface area (Å²) in [6.07, 6.45) is 6.58. The van der Waals surface area contributed by atoms with Gasteiger partial charge in [0.15, 0.2) is 0 Å². The second-order valence-corrected chi connectivity index (χ2v) is 8.42. The van der Waals surface area contributed by atoms with Gasteiger partial charge in [0.1, 0.15) is 28.5 Å². The highest BCUT2D eigenvalue weighted by molar-refractivity contribution is 6.00. The number of halogens is 1. The number of nitrogens with zero attached hydrogens (tertiary/aromatic N) is 2. The van der Waals surface area contributed by atoms with E-state index in [0.717, 1.165) is 19.3 Å². The fourth-order valence-electron chi connectivity index (χ4n) is 4.52. The average molecular weight is 461 g/mol. The van der Waals surface area contributed by atoms with Crippen molar-refractivity contribution in [3.63, 3.8) is 0 Å². The maximum absolute atomic E-state index is 14.8. The van der Waals surface area contributed by atoms with Crippen LogP contribution >= 0.6 is 0 Å². The molecule has 0 aliphatic heterocycles. The average Bonchev–Trinajstić information content (AvgIpc) is 2.84. The number of allylic oxidation sites excluding steroid dienone is 1. The Balaban J connectivity index is 1.71. The van der Waals surface area contributed by atoms with Crippen LogP contribution in [-0.4, -0.2) is 28.7 Å². The molecule has 174 valence electrons. The minimum absolute atomic E-state index is 0.0707. The minimum Gasteiger partial charge on any atom is -0.508 e. The maximum Gasteiger partial charge on any atom is 0.349 e. The highest BCUT2D eigenvalue weighted by atomic mass is 19.1. The minimum atomic E-state index is -0.661. The zero-order valence-electron chi connectivity index (χ0n) is 18.9. The van der Waals surface area contributed by atoms with Crippen molar-refractivity contribution in [1.29, 1.82) is 0 Å². The van der Waals surface area contributed by atoms with Crippen molar-refractivity contribution in [2.24, 2.45) is 0 Å². The summed E-state index contributed by atoms with van der Waals surface area (Å²) < 4.78 is 25.8. The molecule has 1 aliphatic carbocycles. The molecule has 2 heterocycles. The van der Waals surface area contributed by atoms with E-state index >= 15 is 0 Å². The fourth-order valence-corrected chi connectivity index (χ4v) is 4.52. The van der Waals surface area contributed by atoms with Crippen LogP contribution in [0.15, 0.2) is 51.2 Å². The number of fused-ring (bicyclic) bond motifs is 2. The molecular weight excluding hydrogens is 437 g/mol. The summed E-state index contributed by atoms with van der Waals surface area (Å²) in [5, 5.41) is 14.4. The van der Waals surface area contributed by atoms with Crippen LogP contribution in [0.25, 0.3) is 33.0 Å². The van der Waals surface area contributed by atoms with Crippen LogP contribution in [0, 0.1) is 12.7 Å². The van der Waals surface area contributed by atoms with Gasteiger partial charge in [0.2, 0.25) is 0 Å². The van der Waals surface area contributed by atoms with Gasteiger partial charge in [-0.3, -0.25) is 0 Å². The summed E-state index contributed by atoms with van der Waals surface area (Å²) in [6.45, 7) is 2.29. The van der Waals surface area contributed by atoms with Gasteiger partial charge in [-0.2, -0.15) is 9.97 Å². The van der Waals surface area contributed by atoms with Gasteiger partial charge in [0, 0.05) is 23.1 Å². The molecule has 0 saturated carbocycles. The van der Waals surface area contributed by atoms with Crippen molar-refractivity contribution in [3.05, 3.63) is 63.8 Å². The van der Waals surface area contributed by atoms with Gasteiger partial charge in [0.05, 0.1) is 12.6 Å². The largest absolute Gasteiger partial charge is 0.508 e. The van der Waals surface area contributed by atoms with E-state index in [2.05, 4.69) is 21.4 Å². The molecule has 0 spiro atoms. The van der Waals surface area contributed by atoms with Crippen LogP contribution in [0.3, 0.4) is 0 Å². The summed E-state index contributed by atoms with van der Waals surface area (Å²) >= 11 is 0. The predicted molar refractivity (Wildman–Crippen MR) is 129 cm³/mol. The van der Waals surface area contributed by atoms with E-state index < -0.39 is 11.4 Å². The highest BCUT2D eigenvalue weighted by Crippen LogP contribution is 2.37. The second-order valence-electron chi connectivity index (χ2n) is 8.42. The van der Waals surface area contributed by atoms with Crippen LogP contribution in [0.1, 0.15) is 31.2 Å². The molecule has 5 rings (SSSR count). The Kier molecular flexibility index (Phi) is 5.65. The normalized spacial score (nSPS) is 13.8. The van der Waals surface area contributed by atoms with Crippen LogP contribution < -0.4 is 15.7 Å². The number of hydrogen-bond donors (Lipinski definition) is 2. The number of aromatic hydroxyl groups is 1. The summed E-state index contributed by atoms with van der Waals surface area (Å²) in [5.74, 6) is -0.106. The van der Waals surface area contributed by atoms with Crippen LogP contribution in [0.4, 0.5) is 10.2 Å². The molecule has 4 aromatic rings. The van der Waals surface area contributed by atoms with E-state index in [1.807, 2.05) is 0 Å². The van der Waals surface area contributed by atoms with Gasteiger partial charge in [-0.05, 0) is 56.2 Å². The Morgan fingerprint density at radius 3 is 2.82 bits per heavy atom. The SMILES string of the molecule is COc1nc(NCC2=CCCCC2)c2c(=O)oc(-c3cc(O)cc4cccc(F)c34)c(C)c2n1. The van der Waals surface area contributed by atoms with E-state index in [4.69, 9.17) is 9.15 Å². The molecule has 8 heteroatoms. The molecule has 7 nitrogen and oxygen atoms in total. The quantitative estimate of drug-likeness (QED) is 0.380. The lowest BCUT2D eigenvalue weighted by molar-refractivity contribution is 0.382. The number of phenolic OH excluding ortho intramolecular Hbond substituents is 1. The lowest BCUT2D eigenvalue weighted by Gasteiger charge is -2.16. The molecule has 0 unspecified atom stereocenters. The zero-order valence-corrected chi connectivity index (χ0v) is 18.9. The summed E-state index contributed by atoms with van der Waals surface area (Å²) in [5.41, 5.74) is 1.71. The topological polar surface area (TPSA) is 97.5 Å². The summed E-state index contributed by atoms with van der Waals surface area (Å²) in [4.78, 5) is 22.0. The molecular formula is C26H24FN3O4. The van der Waals surface area contributed by atoms with Gasteiger partial charge in [-0.25, -0.2) is 9.18 Å². The van der Waals surface area contributed by atoms with Crippen molar-refractivity contribution in [3.8, 4) is 23.1 Å². The number of anilines is 1. The Morgan fingerprint density at radius 1 is 1.21 bits per heavy atom. The Bertz CT molecular complexity index is 1510. The summed E-state index contributed by atoms with van der Waals surface area (Å²) in [6, 6.07) is 7.51. The van der Waals surface area contributed by atoms with E-state index in [1.54, 1.807) is 19.1 Å². The van der Waals surface area contributed by atoms with Gasteiger partial charge in [-0.15, -0.1) is 0 Å². The number of phenols is 1. The number of benzene rings is 2. The van der Waals surface area contributed by atoms with E-state index in [-0.39, 0.29) is 33.9 Å². The standard InChI is InChI=1S/C26H24FN3O4/c1-14-22-21(24(30-26(29-22)33-2)28-13-15-7-4-3-5-8-15)25(32)34-23(14)18-12-17(31)11-16-9-6-10-19(27)20(16)18/h6-7,9-12,31H,3-5,8,13H2,1-2H3,(H,28,29,30). The molecule has 0 atom stereocenters. The molecule has 34 heavy (non-hydrogen) atoms. The van der Waals surface area contributed by atoms with Gasteiger partial charge in [-0.1, -0.05) is 23.8 Å². The fraction of sp³-hybridized carbons (Fsp3) is 0.269. The molecule has 0 saturated heterocycles. The van der Waals surface area contributed by atoms with E-state index in [9.17, 15) is 14.3 Å². The van der Waals surface area contributed by atoms with E-state index in [0.29, 0.717) is 28.8 Å². The first-order chi connectivity index (χ1) is 16.5. The first kappa shape index (κ1) is 21.9. The van der Waals surface area contributed by atoms with Crippen LogP contribution in [-0.2, 0) is 0 Å². The maximum atomic E-state index is 14.8. The Hall–Kier alpha value is -3.94. The highest BCUT2D eigenvalue weighted by Gasteiger charge is 2.22. The van der Waals surface area contributed by atoms with Crippen molar-refractivity contribution in [2.75, 3.05) is 19.0 Å². The van der Waals surface area contributed by atoms with Gasteiger partial charge in [0.25, 0.3) is 0 Å². The lowest BCUT2D eigenvalue weighted by Crippen LogP contribution is -2.14. The van der Waals surface area contributed by atoms with Crippen molar-refractivity contribution in [1.82, 2.24) is 9.97 Å².